The molecule has 0 fully saturated rings. The molecule has 0 N–H and O–H groups in total. The summed E-state index contributed by atoms with van der Waals surface area (Å²) in [5.41, 5.74) is 0. The normalized spacial score (nSPS) is 0. The van der Waals surface area contributed by atoms with Gasteiger partial charge in [0.25, 0.3) is 0 Å². The summed E-state index contributed by atoms with van der Waals surface area (Å²) in [6.45, 7) is 0. The Morgan fingerprint density at radius 3 is 1.25 bits per heavy atom. The van der Waals surface area contributed by atoms with Gasteiger partial charge in [-0.05, 0) is 0 Å². The van der Waals surface area contributed by atoms with E-state index >= 15 is 0 Å². The quantitative estimate of drug-likeness (QED) is 0.396. The summed E-state index contributed by atoms with van der Waals surface area (Å²) in [6, 6.07) is 0. The Hall–Kier alpha value is 2.32. The van der Waals surface area contributed by atoms with Gasteiger partial charge in [-0.15, -0.1) is 0 Å². The van der Waals surface area contributed by atoms with Crippen LogP contribution < -0.4 is 18.9 Å². The maximum absolute atomic E-state index is 0. The second kappa shape index (κ2) is 18.4. The SMILES string of the molecule is [AlH3].[Co].[H-].[Li+].[W]. The molecule has 0 amide bonds. The zero-order valence-corrected chi connectivity index (χ0v) is 5.72. The fourth-order valence-corrected chi connectivity index (χ4v) is 0. The molecule has 0 aromatic rings. The Morgan fingerprint density at radius 2 is 1.25 bits per heavy atom. The minimum atomic E-state index is 0. The largest absolute Gasteiger partial charge is 1.00 e. The van der Waals surface area contributed by atoms with Crippen LogP contribution in [0.5, 0.6) is 0 Å². The van der Waals surface area contributed by atoms with E-state index in [9.17, 15) is 0 Å². The number of hydrogen-bond donors (Lipinski definition) is 0. The Kier molecular flexibility index (Phi) is 153. The van der Waals surface area contributed by atoms with Crippen LogP contribution in [0.1, 0.15) is 1.43 Å². The van der Waals surface area contributed by atoms with Gasteiger partial charge in [-0.2, -0.15) is 0 Å². The summed E-state index contributed by atoms with van der Waals surface area (Å²) in [4.78, 5) is 0. The molecule has 0 saturated carbocycles. The van der Waals surface area contributed by atoms with Crippen LogP contribution in [0.2, 0.25) is 0 Å². The van der Waals surface area contributed by atoms with Gasteiger partial charge in [-0.3, -0.25) is 0 Å². The Morgan fingerprint density at radius 1 is 1.25 bits per heavy atom. The minimum absolute atomic E-state index is 0. The maximum Gasteiger partial charge on any atom is 1.00 e. The van der Waals surface area contributed by atoms with Gasteiger partial charge in [-0.25, -0.2) is 0 Å². The van der Waals surface area contributed by atoms with E-state index in [1.165, 1.54) is 0 Å². The van der Waals surface area contributed by atoms with Gasteiger partial charge in [0.05, 0.1) is 0 Å². The summed E-state index contributed by atoms with van der Waals surface area (Å²) < 4.78 is 0. The second-order valence-electron chi connectivity index (χ2n) is 0. The molecule has 0 saturated heterocycles. The minimum Gasteiger partial charge on any atom is -1.00 e. The molecule has 0 bridgehead atoms. The molecule has 0 aliphatic carbocycles. The first-order chi connectivity index (χ1) is 0. The molecule has 0 aliphatic heterocycles. The third-order valence-electron chi connectivity index (χ3n) is 0. The molecule has 0 aromatic carbocycles. The van der Waals surface area contributed by atoms with Gasteiger partial charge >= 0.3 is 18.9 Å². The average Bonchev–Trinajstić information content (AvgIpc) is 0. The van der Waals surface area contributed by atoms with Crippen molar-refractivity contribution in [1.82, 2.24) is 0 Å². The van der Waals surface area contributed by atoms with Crippen molar-refractivity contribution in [3.63, 3.8) is 0 Å². The van der Waals surface area contributed by atoms with E-state index in [-0.39, 0.29) is 75.5 Å². The van der Waals surface area contributed by atoms with Crippen molar-refractivity contribution >= 4 is 17.4 Å². The van der Waals surface area contributed by atoms with Gasteiger partial charge in [0.1, 0.15) is 0 Å². The molecule has 23 valence electrons. The average molecular weight is 281 g/mol. The van der Waals surface area contributed by atoms with Crippen LogP contribution >= 0.6 is 0 Å². The van der Waals surface area contributed by atoms with E-state index in [4.69, 9.17) is 0 Å². The van der Waals surface area contributed by atoms with E-state index in [1.807, 2.05) is 0 Å². The van der Waals surface area contributed by atoms with E-state index in [2.05, 4.69) is 0 Å². The number of rotatable bonds is 0. The van der Waals surface area contributed by atoms with Crippen molar-refractivity contribution in [2.24, 2.45) is 0 Å². The van der Waals surface area contributed by atoms with Crippen LogP contribution in [0, 0.1) is 0 Å². The first kappa shape index (κ1) is 33.2. The van der Waals surface area contributed by atoms with Crippen molar-refractivity contribution in [2.45, 2.75) is 0 Å². The fraction of sp³-hybridized carbons (Fsp3) is 0. The molecule has 0 spiro atoms. The van der Waals surface area contributed by atoms with Crippen LogP contribution in [-0.4, -0.2) is 17.4 Å². The molecular formula is H4AlCoLiW. The molecule has 0 atom stereocenters. The molecule has 1 radical (unpaired) electrons. The zero-order valence-electron chi connectivity index (χ0n) is 2.74. The third kappa shape index (κ3) is 8.85. The van der Waals surface area contributed by atoms with Gasteiger partial charge in [0.2, 0.25) is 0 Å². The van der Waals surface area contributed by atoms with E-state index in [0.29, 0.717) is 0 Å². The molecule has 0 heterocycles. The van der Waals surface area contributed by atoms with Crippen LogP contribution in [0.3, 0.4) is 0 Å². The predicted octanol–water partition coefficient (Wildman–Crippen LogP) is -4.07. The van der Waals surface area contributed by atoms with E-state index in [0.717, 1.165) is 0 Å². The van der Waals surface area contributed by atoms with Gasteiger partial charge < -0.3 is 1.43 Å². The van der Waals surface area contributed by atoms with E-state index in [1.54, 1.807) is 0 Å². The van der Waals surface area contributed by atoms with Gasteiger partial charge in [-0.1, -0.05) is 0 Å². The van der Waals surface area contributed by atoms with Crippen LogP contribution in [0.15, 0.2) is 0 Å². The fourth-order valence-electron chi connectivity index (χ4n) is 0. The second-order valence-corrected chi connectivity index (χ2v) is 0. The maximum atomic E-state index is 0. The monoisotopic (exact) mass is 281 g/mol. The summed E-state index contributed by atoms with van der Waals surface area (Å²) in [5.74, 6) is 0. The van der Waals surface area contributed by atoms with Crippen LogP contribution in [0.4, 0.5) is 0 Å². The van der Waals surface area contributed by atoms with Crippen LogP contribution in [-0.2, 0) is 37.8 Å². The molecule has 4 heteroatoms. The smallest absolute Gasteiger partial charge is 1.00 e. The Bertz CT molecular complexity index is 11.6. The first-order valence-corrected chi connectivity index (χ1v) is 0. The summed E-state index contributed by atoms with van der Waals surface area (Å²) in [5, 5.41) is 0. The van der Waals surface area contributed by atoms with Crippen molar-refractivity contribution in [2.75, 3.05) is 0 Å². The van der Waals surface area contributed by atoms with Crippen molar-refractivity contribution < 1.29 is 58.1 Å². The predicted molar refractivity (Wildman–Crippen MR) is 11.1 cm³/mol. The first-order valence-electron chi connectivity index (χ1n) is 0. The Labute approximate surface area is 74.7 Å². The molecule has 0 rings (SSSR count). The zero-order chi connectivity index (χ0) is 0. The summed E-state index contributed by atoms with van der Waals surface area (Å²) >= 11 is 0. The molecule has 0 aliphatic rings. The topological polar surface area (TPSA) is 0 Å². The van der Waals surface area contributed by atoms with Gasteiger partial charge in [0, 0.05) is 37.8 Å². The summed E-state index contributed by atoms with van der Waals surface area (Å²) in [7, 11) is 0. The molecular weight excluding hydrogens is 277 g/mol. The third-order valence-corrected chi connectivity index (χ3v) is 0. The van der Waals surface area contributed by atoms with Crippen molar-refractivity contribution in [1.29, 1.82) is 0 Å². The van der Waals surface area contributed by atoms with E-state index < -0.39 is 0 Å². The van der Waals surface area contributed by atoms with Crippen molar-refractivity contribution in [3.05, 3.63) is 0 Å². The molecule has 0 unspecified atom stereocenters. The van der Waals surface area contributed by atoms with Gasteiger partial charge in [0.15, 0.2) is 17.4 Å². The standard InChI is InChI=1S/Al.Co.Li.W.4H/q;;+1;;;;;-1. The van der Waals surface area contributed by atoms with Crippen LogP contribution in [0.25, 0.3) is 0 Å². The van der Waals surface area contributed by atoms with Crippen molar-refractivity contribution in [3.8, 4) is 0 Å². The molecule has 0 nitrogen and oxygen atoms in total. The Balaban J connectivity index is 0. The molecule has 0 aromatic heterocycles. The molecule has 4 heavy (non-hydrogen) atoms. The number of hydrogen-bond acceptors (Lipinski definition) is 0. The summed E-state index contributed by atoms with van der Waals surface area (Å²) in [6.07, 6.45) is 0.